The fourth-order valence-corrected chi connectivity index (χ4v) is 4.27. The van der Waals surface area contributed by atoms with Gasteiger partial charge in [0, 0.05) is 18.7 Å². The molecule has 1 amide bonds. The van der Waals surface area contributed by atoms with Crippen molar-refractivity contribution in [2.24, 2.45) is 11.3 Å². The predicted molar refractivity (Wildman–Crippen MR) is 93.5 cm³/mol. The Labute approximate surface area is 147 Å². The van der Waals surface area contributed by atoms with Gasteiger partial charge in [-0.25, -0.2) is 0 Å². The fraction of sp³-hybridized carbons (Fsp3) is 0.526. The Bertz CT molecular complexity index is 717. The van der Waals surface area contributed by atoms with Crippen molar-refractivity contribution >= 4 is 23.3 Å². The summed E-state index contributed by atoms with van der Waals surface area (Å²) in [5.74, 6) is -0.949. The highest BCUT2D eigenvalue weighted by molar-refractivity contribution is 6.04. The normalized spacial score (nSPS) is 26.9. The van der Waals surface area contributed by atoms with Crippen LogP contribution in [-0.4, -0.2) is 46.8 Å². The largest absolute Gasteiger partial charge is 0.481 e. The van der Waals surface area contributed by atoms with Gasteiger partial charge in [-0.05, 0) is 44.7 Å². The number of hydrogen-bond donors (Lipinski definition) is 2. The number of carbonyl (C=O) groups is 3. The van der Waals surface area contributed by atoms with Crippen LogP contribution in [0.2, 0.25) is 0 Å². The molecule has 1 unspecified atom stereocenters. The van der Waals surface area contributed by atoms with Gasteiger partial charge in [-0.1, -0.05) is 18.6 Å². The van der Waals surface area contributed by atoms with Gasteiger partial charge in [0.25, 0.3) is 0 Å². The Balaban J connectivity index is 1.72. The zero-order chi connectivity index (χ0) is 18.2. The smallest absolute Gasteiger partial charge is 0.311 e. The van der Waals surface area contributed by atoms with E-state index in [-0.39, 0.29) is 17.6 Å². The SMILES string of the molecule is CC(=O)c1ccccc1NC(=O)C(C)N1C[C@@H]2CCC[C@@]2(C(=O)O)C1. The predicted octanol–water partition coefficient (Wildman–Crippen LogP) is 2.40. The molecule has 2 fully saturated rings. The number of rotatable bonds is 5. The number of para-hydroxylation sites is 1. The number of likely N-dealkylation sites (tertiary alicyclic amines) is 1. The first-order valence-electron chi connectivity index (χ1n) is 8.73. The maximum atomic E-state index is 12.7. The van der Waals surface area contributed by atoms with Crippen molar-refractivity contribution < 1.29 is 19.5 Å². The Kier molecular flexibility index (Phi) is 4.64. The lowest BCUT2D eigenvalue weighted by atomic mass is 9.81. The second kappa shape index (κ2) is 6.59. The first-order valence-corrected chi connectivity index (χ1v) is 8.73. The molecule has 0 aromatic heterocycles. The van der Waals surface area contributed by atoms with Gasteiger partial charge in [0.2, 0.25) is 5.91 Å². The van der Waals surface area contributed by atoms with Gasteiger partial charge in [-0.2, -0.15) is 0 Å². The van der Waals surface area contributed by atoms with Crippen LogP contribution in [0.15, 0.2) is 24.3 Å². The summed E-state index contributed by atoms with van der Waals surface area (Å²) < 4.78 is 0. The summed E-state index contributed by atoms with van der Waals surface area (Å²) in [6.07, 6.45) is 2.53. The minimum Gasteiger partial charge on any atom is -0.481 e. The quantitative estimate of drug-likeness (QED) is 0.801. The fourth-order valence-electron chi connectivity index (χ4n) is 4.27. The van der Waals surface area contributed by atoms with Crippen molar-refractivity contribution in [2.75, 3.05) is 18.4 Å². The molecule has 25 heavy (non-hydrogen) atoms. The van der Waals surface area contributed by atoms with Crippen LogP contribution >= 0.6 is 0 Å². The Morgan fingerprint density at radius 1 is 1.32 bits per heavy atom. The number of carboxylic acid groups (broad SMARTS) is 1. The van der Waals surface area contributed by atoms with Gasteiger partial charge >= 0.3 is 5.97 Å². The van der Waals surface area contributed by atoms with Crippen molar-refractivity contribution in [3.8, 4) is 0 Å². The summed E-state index contributed by atoms with van der Waals surface area (Å²) in [4.78, 5) is 38.1. The standard InChI is InChI=1S/C19H24N2O4/c1-12(17(23)20-16-8-4-3-7-15(16)13(2)22)21-10-14-6-5-9-19(14,11-21)18(24)25/h3-4,7-8,12,14H,5-6,9-11H2,1-2H3,(H,20,23)(H,24,25)/t12?,14-,19+/m0/s1. The highest BCUT2D eigenvalue weighted by Crippen LogP contribution is 2.49. The number of Topliss-reactive ketones (excluding diaryl/α,β-unsaturated/α-hetero) is 1. The summed E-state index contributed by atoms with van der Waals surface area (Å²) in [6.45, 7) is 4.31. The highest BCUT2D eigenvalue weighted by atomic mass is 16.4. The van der Waals surface area contributed by atoms with Gasteiger partial charge in [0.05, 0.1) is 17.1 Å². The lowest BCUT2D eigenvalue weighted by Gasteiger charge is -2.26. The molecule has 6 nitrogen and oxygen atoms in total. The summed E-state index contributed by atoms with van der Waals surface area (Å²) in [5.41, 5.74) is 0.272. The van der Waals surface area contributed by atoms with E-state index >= 15 is 0 Å². The molecule has 2 N–H and O–H groups in total. The van der Waals surface area contributed by atoms with Crippen molar-refractivity contribution in [1.29, 1.82) is 0 Å². The van der Waals surface area contributed by atoms with E-state index in [4.69, 9.17) is 0 Å². The number of anilines is 1. The van der Waals surface area contributed by atoms with Gasteiger partial charge in [0.1, 0.15) is 0 Å². The number of carbonyl (C=O) groups excluding carboxylic acids is 2. The lowest BCUT2D eigenvalue weighted by Crippen LogP contribution is -2.43. The summed E-state index contributed by atoms with van der Waals surface area (Å²) in [7, 11) is 0. The number of amides is 1. The van der Waals surface area contributed by atoms with E-state index in [0.29, 0.717) is 30.8 Å². The van der Waals surface area contributed by atoms with Crippen molar-refractivity contribution in [3.63, 3.8) is 0 Å². The van der Waals surface area contributed by atoms with Crippen LogP contribution < -0.4 is 5.32 Å². The molecule has 6 heteroatoms. The zero-order valence-corrected chi connectivity index (χ0v) is 14.6. The maximum absolute atomic E-state index is 12.7. The third-order valence-electron chi connectivity index (χ3n) is 5.81. The van der Waals surface area contributed by atoms with Gasteiger partial charge in [-0.3, -0.25) is 19.3 Å². The second-order valence-electron chi connectivity index (χ2n) is 7.25. The van der Waals surface area contributed by atoms with Crippen molar-refractivity contribution in [3.05, 3.63) is 29.8 Å². The number of ketones is 1. The molecule has 1 heterocycles. The van der Waals surface area contributed by atoms with Crippen LogP contribution in [0.25, 0.3) is 0 Å². The molecule has 1 aromatic rings. The van der Waals surface area contributed by atoms with Crippen LogP contribution in [0, 0.1) is 11.3 Å². The second-order valence-corrected chi connectivity index (χ2v) is 7.25. The topological polar surface area (TPSA) is 86.7 Å². The number of hydrogen-bond acceptors (Lipinski definition) is 4. The molecule has 2 aliphatic rings. The molecule has 1 saturated carbocycles. The van der Waals surface area contributed by atoms with Crippen LogP contribution in [0.5, 0.6) is 0 Å². The van der Waals surface area contributed by atoms with Gasteiger partial charge in [0.15, 0.2) is 5.78 Å². The minimum absolute atomic E-state index is 0.107. The maximum Gasteiger partial charge on any atom is 0.311 e. The molecule has 0 bridgehead atoms. The molecule has 3 rings (SSSR count). The third kappa shape index (κ3) is 3.06. The van der Waals surface area contributed by atoms with E-state index in [1.54, 1.807) is 31.2 Å². The molecule has 1 aromatic carbocycles. The molecule has 0 radical (unpaired) electrons. The molecule has 134 valence electrons. The highest BCUT2D eigenvalue weighted by Gasteiger charge is 2.55. The van der Waals surface area contributed by atoms with Crippen molar-refractivity contribution in [2.45, 2.75) is 39.2 Å². The molecule has 0 spiro atoms. The van der Waals surface area contributed by atoms with Gasteiger partial charge in [-0.15, -0.1) is 0 Å². The van der Waals surface area contributed by atoms with E-state index in [2.05, 4.69) is 5.32 Å². The Morgan fingerprint density at radius 2 is 2.04 bits per heavy atom. The van der Waals surface area contributed by atoms with E-state index in [1.165, 1.54) is 6.92 Å². The summed E-state index contributed by atoms with van der Waals surface area (Å²) in [6, 6.07) is 6.48. The molecule has 1 aliphatic heterocycles. The number of nitrogens with zero attached hydrogens (tertiary/aromatic N) is 1. The zero-order valence-electron chi connectivity index (χ0n) is 14.6. The number of nitrogens with one attached hydrogen (secondary N) is 1. The Morgan fingerprint density at radius 3 is 2.68 bits per heavy atom. The molecule has 3 atom stereocenters. The first-order chi connectivity index (χ1) is 11.8. The average Bonchev–Trinajstić information content (AvgIpc) is 3.12. The van der Waals surface area contributed by atoms with Crippen LogP contribution in [0.1, 0.15) is 43.5 Å². The number of aliphatic carboxylic acids is 1. The number of benzene rings is 1. The van der Waals surface area contributed by atoms with Crippen molar-refractivity contribution in [1.82, 2.24) is 4.90 Å². The molecular formula is C19H24N2O4. The molecular weight excluding hydrogens is 320 g/mol. The van der Waals surface area contributed by atoms with Gasteiger partial charge < -0.3 is 10.4 Å². The lowest BCUT2D eigenvalue weighted by molar-refractivity contribution is -0.149. The van der Waals surface area contributed by atoms with E-state index in [9.17, 15) is 19.5 Å². The van der Waals surface area contributed by atoms with Crippen LogP contribution in [-0.2, 0) is 9.59 Å². The van der Waals surface area contributed by atoms with E-state index in [1.807, 2.05) is 4.90 Å². The number of carboxylic acids is 1. The van der Waals surface area contributed by atoms with E-state index < -0.39 is 17.4 Å². The summed E-state index contributed by atoms with van der Waals surface area (Å²) >= 11 is 0. The Hall–Kier alpha value is -2.21. The molecule has 1 saturated heterocycles. The minimum atomic E-state index is -0.743. The van der Waals surface area contributed by atoms with E-state index in [0.717, 1.165) is 12.8 Å². The van der Waals surface area contributed by atoms with Crippen LogP contribution in [0.4, 0.5) is 5.69 Å². The number of fused-ring (bicyclic) bond motifs is 1. The monoisotopic (exact) mass is 344 g/mol. The summed E-state index contributed by atoms with van der Waals surface area (Å²) in [5, 5.41) is 12.5. The average molecular weight is 344 g/mol. The molecule has 1 aliphatic carbocycles. The first kappa shape index (κ1) is 17.6. The van der Waals surface area contributed by atoms with Crippen LogP contribution in [0.3, 0.4) is 0 Å². The third-order valence-corrected chi connectivity index (χ3v) is 5.81.